The molecule has 1 heterocycles. The van der Waals surface area contributed by atoms with Gasteiger partial charge in [-0.15, -0.1) is 12.4 Å². The Labute approximate surface area is 92.8 Å². The van der Waals surface area contributed by atoms with Gasteiger partial charge in [-0.3, -0.25) is 4.79 Å². The van der Waals surface area contributed by atoms with E-state index < -0.39 is 0 Å². The van der Waals surface area contributed by atoms with E-state index in [-0.39, 0.29) is 18.3 Å². The lowest BCUT2D eigenvalue weighted by atomic mass is 10.2. The normalized spacial score (nSPS) is 9.67. The monoisotopic (exact) mass is 226 g/mol. The summed E-state index contributed by atoms with van der Waals surface area (Å²) >= 11 is 0. The molecule has 0 saturated heterocycles. The van der Waals surface area contributed by atoms with Crippen molar-refractivity contribution < 1.29 is 9.21 Å². The molecule has 1 aromatic carbocycles. The van der Waals surface area contributed by atoms with E-state index in [1.807, 2.05) is 6.07 Å². The minimum atomic E-state index is -0.118. The number of rotatable bonds is 1. The van der Waals surface area contributed by atoms with Crippen LogP contribution in [0.25, 0.3) is 11.0 Å². The maximum Gasteiger partial charge on any atom is 0.221 e. The quantitative estimate of drug-likeness (QED) is 0.734. The molecule has 2 rings (SSSR count). The second-order valence-electron chi connectivity index (χ2n) is 3.09. The van der Waals surface area contributed by atoms with Crippen LogP contribution in [0.3, 0.4) is 0 Å². The maximum absolute atomic E-state index is 10.8. The third-order valence-corrected chi connectivity index (χ3v) is 1.90. The first-order valence-corrected chi connectivity index (χ1v) is 4.21. The van der Waals surface area contributed by atoms with Gasteiger partial charge >= 0.3 is 0 Å². The van der Waals surface area contributed by atoms with E-state index in [1.165, 1.54) is 6.92 Å². The summed E-state index contributed by atoms with van der Waals surface area (Å²) in [4.78, 5) is 10.8. The molecule has 80 valence electrons. The molecule has 0 atom stereocenters. The van der Waals surface area contributed by atoms with E-state index >= 15 is 0 Å². The van der Waals surface area contributed by atoms with Crippen LogP contribution in [0.2, 0.25) is 0 Å². The molecule has 0 saturated carbocycles. The summed E-state index contributed by atoms with van der Waals surface area (Å²) in [6.07, 6.45) is 1.57. The van der Waals surface area contributed by atoms with Crippen LogP contribution in [0.4, 0.5) is 11.4 Å². The number of carbonyl (C=O) groups is 1. The first-order chi connectivity index (χ1) is 6.66. The average Bonchev–Trinajstić information content (AvgIpc) is 2.50. The van der Waals surface area contributed by atoms with Gasteiger partial charge < -0.3 is 15.5 Å². The van der Waals surface area contributed by atoms with Crippen molar-refractivity contribution in [2.45, 2.75) is 6.92 Å². The highest BCUT2D eigenvalue weighted by molar-refractivity contribution is 5.96. The van der Waals surface area contributed by atoms with Crippen LogP contribution in [0.1, 0.15) is 6.92 Å². The zero-order valence-corrected chi connectivity index (χ0v) is 8.93. The summed E-state index contributed by atoms with van der Waals surface area (Å²) in [5.74, 6) is -0.118. The van der Waals surface area contributed by atoms with Gasteiger partial charge in [-0.05, 0) is 18.2 Å². The highest BCUT2D eigenvalue weighted by atomic mass is 35.5. The fourth-order valence-corrected chi connectivity index (χ4v) is 1.39. The van der Waals surface area contributed by atoms with Gasteiger partial charge in [0.2, 0.25) is 5.91 Å². The molecule has 0 bridgehead atoms. The lowest BCUT2D eigenvalue weighted by Crippen LogP contribution is -2.05. The number of hydrogen-bond acceptors (Lipinski definition) is 3. The van der Waals surface area contributed by atoms with Gasteiger partial charge in [0.1, 0.15) is 0 Å². The van der Waals surface area contributed by atoms with E-state index in [4.69, 9.17) is 10.2 Å². The van der Waals surface area contributed by atoms with Crippen LogP contribution < -0.4 is 11.1 Å². The molecule has 15 heavy (non-hydrogen) atoms. The van der Waals surface area contributed by atoms with Crippen molar-refractivity contribution in [3.63, 3.8) is 0 Å². The Hall–Kier alpha value is -1.68. The molecule has 3 N–H and O–H groups in total. The number of nitrogens with two attached hydrogens (primary N) is 1. The van der Waals surface area contributed by atoms with Crippen LogP contribution >= 0.6 is 12.4 Å². The topological polar surface area (TPSA) is 68.3 Å². The number of amides is 1. The first-order valence-electron chi connectivity index (χ1n) is 4.21. The van der Waals surface area contributed by atoms with Gasteiger partial charge in [0.05, 0.1) is 12.0 Å². The van der Waals surface area contributed by atoms with Crippen molar-refractivity contribution in [3.05, 3.63) is 24.5 Å². The summed E-state index contributed by atoms with van der Waals surface area (Å²) in [5.41, 5.74) is 7.59. The van der Waals surface area contributed by atoms with Gasteiger partial charge in [0.25, 0.3) is 0 Å². The van der Waals surface area contributed by atoms with E-state index in [0.717, 1.165) is 5.39 Å². The van der Waals surface area contributed by atoms with Gasteiger partial charge in [0.15, 0.2) is 5.58 Å². The van der Waals surface area contributed by atoms with Gasteiger partial charge in [-0.1, -0.05) is 0 Å². The van der Waals surface area contributed by atoms with Gasteiger partial charge in [-0.2, -0.15) is 0 Å². The largest absolute Gasteiger partial charge is 0.462 e. The van der Waals surface area contributed by atoms with E-state index in [1.54, 1.807) is 18.4 Å². The van der Waals surface area contributed by atoms with Crippen LogP contribution in [-0.2, 0) is 4.79 Å². The molecule has 0 aliphatic rings. The standard InChI is InChI=1S/C10H10N2O2.ClH/c1-6(13)12-8-4-7-2-3-14-10(7)9(11)5-8;/h2-5H,11H2,1H3,(H,12,13);1H. The number of halogens is 1. The number of hydrogen-bond donors (Lipinski definition) is 2. The van der Waals surface area contributed by atoms with Crippen molar-refractivity contribution in [3.8, 4) is 0 Å². The van der Waals surface area contributed by atoms with E-state index in [9.17, 15) is 4.79 Å². The van der Waals surface area contributed by atoms with Crippen molar-refractivity contribution in [2.24, 2.45) is 0 Å². The number of furan rings is 1. The molecule has 0 fully saturated rings. The summed E-state index contributed by atoms with van der Waals surface area (Å²) in [6, 6.07) is 5.29. The SMILES string of the molecule is CC(=O)Nc1cc(N)c2occc2c1.Cl. The number of carbonyl (C=O) groups excluding carboxylic acids is 1. The summed E-state index contributed by atoms with van der Waals surface area (Å²) in [6.45, 7) is 1.45. The van der Waals surface area contributed by atoms with Crippen LogP contribution in [-0.4, -0.2) is 5.91 Å². The zero-order valence-electron chi connectivity index (χ0n) is 8.11. The highest BCUT2D eigenvalue weighted by Crippen LogP contribution is 2.26. The molecule has 0 unspecified atom stereocenters. The van der Waals surface area contributed by atoms with Crippen LogP contribution in [0, 0.1) is 0 Å². The van der Waals surface area contributed by atoms with Gasteiger partial charge in [-0.25, -0.2) is 0 Å². The van der Waals surface area contributed by atoms with E-state index in [0.29, 0.717) is 17.0 Å². The Bertz CT molecular complexity index is 493. The maximum atomic E-state index is 10.8. The molecule has 4 nitrogen and oxygen atoms in total. The number of fused-ring (bicyclic) bond motifs is 1. The van der Waals surface area contributed by atoms with Crippen LogP contribution in [0.15, 0.2) is 28.9 Å². The predicted molar refractivity (Wildman–Crippen MR) is 62.2 cm³/mol. The number of benzene rings is 1. The summed E-state index contributed by atoms with van der Waals surface area (Å²) < 4.78 is 5.17. The summed E-state index contributed by atoms with van der Waals surface area (Å²) in [5, 5.41) is 3.55. The smallest absolute Gasteiger partial charge is 0.221 e. The zero-order chi connectivity index (χ0) is 10.1. The fourth-order valence-electron chi connectivity index (χ4n) is 1.39. The molecule has 1 aromatic heterocycles. The first kappa shape index (κ1) is 11.4. The molecule has 0 radical (unpaired) electrons. The third kappa shape index (κ3) is 2.22. The number of nitrogens with one attached hydrogen (secondary N) is 1. The van der Waals surface area contributed by atoms with Crippen molar-refractivity contribution >= 4 is 40.7 Å². The minimum Gasteiger partial charge on any atom is -0.462 e. The molecule has 2 aromatic rings. The summed E-state index contributed by atoms with van der Waals surface area (Å²) in [7, 11) is 0. The molecular formula is C10H11ClN2O2. The van der Waals surface area contributed by atoms with Gasteiger partial charge in [0, 0.05) is 18.0 Å². The molecular weight excluding hydrogens is 216 g/mol. The molecule has 0 aliphatic heterocycles. The second-order valence-corrected chi connectivity index (χ2v) is 3.09. The Balaban J connectivity index is 0.00000112. The third-order valence-electron chi connectivity index (χ3n) is 1.90. The highest BCUT2D eigenvalue weighted by Gasteiger charge is 2.04. The van der Waals surface area contributed by atoms with E-state index in [2.05, 4.69) is 5.32 Å². The minimum absolute atomic E-state index is 0. The van der Waals surface area contributed by atoms with Crippen molar-refractivity contribution in [1.82, 2.24) is 0 Å². The molecule has 1 amide bonds. The van der Waals surface area contributed by atoms with Crippen molar-refractivity contribution in [2.75, 3.05) is 11.1 Å². The second kappa shape index (κ2) is 4.23. The predicted octanol–water partition coefficient (Wildman–Crippen LogP) is 2.40. The average molecular weight is 227 g/mol. The number of nitrogen functional groups attached to an aromatic ring is 1. The lowest BCUT2D eigenvalue weighted by molar-refractivity contribution is -0.114. The molecule has 5 heteroatoms. The lowest BCUT2D eigenvalue weighted by Gasteiger charge is -2.03. The van der Waals surface area contributed by atoms with Crippen molar-refractivity contribution in [1.29, 1.82) is 0 Å². The Kier molecular flexibility index (Phi) is 3.21. The molecule has 0 aliphatic carbocycles. The fraction of sp³-hybridized carbons (Fsp3) is 0.100. The Morgan fingerprint density at radius 1 is 1.47 bits per heavy atom. The Morgan fingerprint density at radius 2 is 2.20 bits per heavy atom. The molecule has 0 spiro atoms. The van der Waals surface area contributed by atoms with Crippen LogP contribution in [0.5, 0.6) is 0 Å². The number of anilines is 2. The Morgan fingerprint density at radius 3 is 2.87 bits per heavy atom.